The number of nitrogens with one attached hydrogen (secondary N) is 2. The molecule has 0 unspecified atom stereocenters. The second-order valence-corrected chi connectivity index (χ2v) is 9.42. The summed E-state index contributed by atoms with van der Waals surface area (Å²) >= 11 is 0. The van der Waals surface area contributed by atoms with E-state index in [1.807, 2.05) is 0 Å². The standard InChI is InChI=1S/C23H27N5O4/c1-2-32-22(29)17-3-5-18(6-4-17)26-20-19(28(30)31)21(25-13-24-20)27-23-10-14-7-15(11-23)9-16(8-14)12-23/h3-6,13-16H,2,7-12H2,1H3,(H2,24,25,26,27). The van der Waals surface area contributed by atoms with E-state index in [2.05, 4.69) is 20.6 Å². The van der Waals surface area contributed by atoms with Crippen LogP contribution in [0.3, 0.4) is 0 Å². The van der Waals surface area contributed by atoms with Gasteiger partial charge < -0.3 is 15.4 Å². The highest BCUT2D eigenvalue weighted by Crippen LogP contribution is 2.57. The van der Waals surface area contributed by atoms with Crippen LogP contribution in [0.4, 0.5) is 23.0 Å². The largest absolute Gasteiger partial charge is 0.462 e. The normalized spacial score (nSPS) is 27.7. The van der Waals surface area contributed by atoms with E-state index < -0.39 is 10.9 Å². The number of nitrogens with zero attached hydrogens (tertiary/aromatic N) is 3. The van der Waals surface area contributed by atoms with Crippen LogP contribution in [0.1, 0.15) is 55.8 Å². The maximum Gasteiger partial charge on any atom is 0.353 e. The lowest BCUT2D eigenvalue weighted by atomic mass is 9.53. The van der Waals surface area contributed by atoms with Gasteiger partial charge in [-0.15, -0.1) is 0 Å². The number of ether oxygens (including phenoxy) is 1. The van der Waals surface area contributed by atoms with Crippen LogP contribution in [-0.2, 0) is 4.74 Å². The highest BCUT2D eigenvalue weighted by molar-refractivity contribution is 5.90. The Morgan fingerprint density at radius 1 is 1.09 bits per heavy atom. The van der Waals surface area contributed by atoms with Crippen LogP contribution < -0.4 is 10.6 Å². The third-order valence-corrected chi connectivity index (χ3v) is 7.09. The molecule has 4 fully saturated rings. The van der Waals surface area contributed by atoms with Crippen molar-refractivity contribution in [1.82, 2.24) is 9.97 Å². The van der Waals surface area contributed by atoms with E-state index in [4.69, 9.17) is 4.74 Å². The molecule has 4 bridgehead atoms. The predicted molar refractivity (Wildman–Crippen MR) is 119 cm³/mol. The molecule has 9 nitrogen and oxygen atoms in total. The maximum absolute atomic E-state index is 12.0. The highest BCUT2D eigenvalue weighted by Gasteiger charge is 2.51. The summed E-state index contributed by atoms with van der Waals surface area (Å²) in [5.41, 5.74) is 0.740. The zero-order chi connectivity index (χ0) is 22.3. The van der Waals surface area contributed by atoms with E-state index in [0.717, 1.165) is 19.3 Å². The molecule has 6 rings (SSSR count). The molecule has 2 aromatic rings. The minimum atomic E-state index is -0.432. The molecule has 4 aliphatic rings. The average Bonchev–Trinajstić information content (AvgIpc) is 2.73. The molecule has 2 N–H and O–H groups in total. The van der Waals surface area contributed by atoms with Gasteiger partial charge in [-0.2, -0.15) is 0 Å². The molecule has 0 atom stereocenters. The minimum Gasteiger partial charge on any atom is -0.462 e. The molecule has 0 spiro atoms. The first-order valence-corrected chi connectivity index (χ1v) is 11.3. The van der Waals surface area contributed by atoms with Crippen molar-refractivity contribution in [2.75, 3.05) is 17.2 Å². The lowest BCUT2D eigenvalue weighted by Crippen LogP contribution is -2.55. The Labute approximate surface area is 186 Å². The monoisotopic (exact) mass is 437 g/mol. The topological polar surface area (TPSA) is 119 Å². The summed E-state index contributed by atoms with van der Waals surface area (Å²) in [5.74, 6) is 2.13. The van der Waals surface area contributed by atoms with Crippen LogP contribution in [0.25, 0.3) is 0 Å². The van der Waals surface area contributed by atoms with Gasteiger partial charge >= 0.3 is 11.7 Å². The molecule has 1 aromatic carbocycles. The molecule has 4 aliphatic carbocycles. The van der Waals surface area contributed by atoms with Gasteiger partial charge in [0.2, 0.25) is 11.6 Å². The second-order valence-electron chi connectivity index (χ2n) is 9.42. The van der Waals surface area contributed by atoms with Gasteiger partial charge in [-0.3, -0.25) is 10.1 Å². The Hall–Kier alpha value is -3.23. The summed E-state index contributed by atoms with van der Waals surface area (Å²) in [4.78, 5) is 31.8. The van der Waals surface area contributed by atoms with E-state index in [0.29, 0.717) is 35.6 Å². The molecular weight excluding hydrogens is 410 g/mol. The van der Waals surface area contributed by atoms with Crippen LogP contribution in [0, 0.1) is 27.9 Å². The van der Waals surface area contributed by atoms with Gasteiger partial charge in [-0.1, -0.05) is 0 Å². The van der Waals surface area contributed by atoms with Crippen molar-refractivity contribution < 1.29 is 14.5 Å². The van der Waals surface area contributed by atoms with Crippen molar-refractivity contribution >= 4 is 29.0 Å². The molecule has 1 heterocycles. The summed E-state index contributed by atoms with van der Waals surface area (Å²) in [6.45, 7) is 2.04. The molecule has 1 aromatic heterocycles. The number of benzene rings is 1. The zero-order valence-corrected chi connectivity index (χ0v) is 18.0. The van der Waals surface area contributed by atoms with Crippen LogP contribution in [0.2, 0.25) is 0 Å². The Balaban J connectivity index is 1.39. The van der Waals surface area contributed by atoms with Gasteiger partial charge in [0.1, 0.15) is 6.33 Å². The zero-order valence-electron chi connectivity index (χ0n) is 18.0. The van der Waals surface area contributed by atoms with Crippen molar-refractivity contribution in [3.05, 3.63) is 46.3 Å². The molecule has 0 aliphatic heterocycles. The number of hydrogen-bond acceptors (Lipinski definition) is 8. The smallest absolute Gasteiger partial charge is 0.353 e. The van der Waals surface area contributed by atoms with Crippen molar-refractivity contribution in [3.8, 4) is 0 Å². The number of hydrogen-bond donors (Lipinski definition) is 2. The summed E-state index contributed by atoms with van der Waals surface area (Å²) in [6, 6.07) is 6.57. The van der Waals surface area contributed by atoms with Crippen LogP contribution in [-0.4, -0.2) is 33.0 Å². The summed E-state index contributed by atoms with van der Waals surface area (Å²) in [6.07, 6.45) is 8.39. The van der Waals surface area contributed by atoms with E-state index in [-0.39, 0.29) is 22.9 Å². The van der Waals surface area contributed by atoms with Gasteiger partial charge in [0, 0.05) is 11.2 Å². The van der Waals surface area contributed by atoms with Crippen LogP contribution >= 0.6 is 0 Å². The lowest BCUT2D eigenvalue weighted by Gasteiger charge is -2.57. The predicted octanol–water partition coefficient (Wildman–Crippen LogP) is 4.69. The summed E-state index contributed by atoms with van der Waals surface area (Å²) in [5, 5.41) is 18.5. The highest BCUT2D eigenvalue weighted by atomic mass is 16.6. The average molecular weight is 438 g/mol. The number of carbonyl (C=O) groups excluding carboxylic acids is 1. The first-order chi connectivity index (χ1) is 15.4. The SMILES string of the molecule is CCOC(=O)c1ccc(Nc2ncnc(NC34CC5CC(CC(C5)C3)C4)c2[N+](=O)[O-])cc1. The first-order valence-electron chi connectivity index (χ1n) is 11.3. The molecule has 9 heteroatoms. The van der Waals surface area contributed by atoms with Crippen molar-refractivity contribution in [2.45, 2.75) is 51.0 Å². The fourth-order valence-electron chi connectivity index (χ4n) is 6.29. The van der Waals surface area contributed by atoms with Gasteiger partial charge in [0.25, 0.3) is 0 Å². The molecule has 0 saturated heterocycles. The third kappa shape index (κ3) is 3.87. The van der Waals surface area contributed by atoms with Crippen LogP contribution in [0.5, 0.6) is 0 Å². The fourth-order valence-corrected chi connectivity index (χ4v) is 6.29. The number of esters is 1. The van der Waals surface area contributed by atoms with Gasteiger partial charge in [-0.25, -0.2) is 14.8 Å². The number of nitro groups is 1. The molecule has 32 heavy (non-hydrogen) atoms. The molecule has 0 amide bonds. The number of aromatic nitrogens is 2. The van der Waals surface area contributed by atoms with E-state index in [1.54, 1.807) is 31.2 Å². The van der Waals surface area contributed by atoms with Crippen molar-refractivity contribution in [2.24, 2.45) is 17.8 Å². The van der Waals surface area contributed by atoms with Gasteiger partial charge in [0.15, 0.2) is 0 Å². The summed E-state index contributed by atoms with van der Waals surface area (Å²) in [7, 11) is 0. The molecule has 168 valence electrons. The van der Waals surface area contributed by atoms with E-state index in [1.165, 1.54) is 25.6 Å². The maximum atomic E-state index is 12.0. The molecule has 4 saturated carbocycles. The quantitative estimate of drug-likeness (QED) is 0.364. The van der Waals surface area contributed by atoms with Gasteiger partial charge in [-0.05, 0) is 87.5 Å². The lowest BCUT2D eigenvalue weighted by molar-refractivity contribution is -0.383. The number of anilines is 3. The van der Waals surface area contributed by atoms with Gasteiger partial charge in [0.05, 0.1) is 17.1 Å². The summed E-state index contributed by atoms with van der Waals surface area (Å²) < 4.78 is 4.99. The first kappa shape index (κ1) is 20.7. The Morgan fingerprint density at radius 3 is 2.25 bits per heavy atom. The van der Waals surface area contributed by atoms with E-state index in [9.17, 15) is 14.9 Å². The van der Waals surface area contributed by atoms with Crippen molar-refractivity contribution in [3.63, 3.8) is 0 Å². The van der Waals surface area contributed by atoms with E-state index >= 15 is 0 Å². The second kappa shape index (κ2) is 8.03. The Kier molecular flexibility index (Phi) is 5.19. The van der Waals surface area contributed by atoms with Crippen molar-refractivity contribution in [1.29, 1.82) is 0 Å². The fraction of sp³-hybridized carbons (Fsp3) is 0.522. The molecular formula is C23H27N5O4. The third-order valence-electron chi connectivity index (χ3n) is 7.09. The Bertz CT molecular complexity index is 1000. The number of rotatable bonds is 7. The van der Waals surface area contributed by atoms with Crippen LogP contribution in [0.15, 0.2) is 30.6 Å². The number of carbonyl (C=O) groups is 1. The minimum absolute atomic E-state index is 0.105. The molecule has 0 radical (unpaired) electrons. The Morgan fingerprint density at radius 2 is 1.69 bits per heavy atom.